The number of ether oxygens (including phenoxy) is 3. The van der Waals surface area contributed by atoms with E-state index in [0.29, 0.717) is 19.4 Å². The lowest BCUT2D eigenvalue weighted by Crippen LogP contribution is -2.30. The van der Waals surface area contributed by atoms with Gasteiger partial charge in [-0.2, -0.15) is 0 Å². The van der Waals surface area contributed by atoms with Gasteiger partial charge >= 0.3 is 11.9 Å². The van der Waals surface area contributed by atoms with Crippen LogP contribution < -0.4 is 0 Å². The first-order chi connectivity index (χ1) is 26.6. The van der Waals surface area contributed by atoms with Gasteiger partial charge in [0.25, 0.3) is 0 Å². The van der Waals surface area contributed by atoms with Crippen molar-refractivity contribution in [3.05, 3.63) is 85.1 Å². The zero-order valence-corrected chi connectivity index (χ0v) is 35.2. The van der Waals surface area contributed by atoms with Gasteiger partial charge in [-0.05, 0) is 89.9 Å². The van der Waals surface area contributed by atoms with Crippen LogP contribution in [0.2, 0.25) is 0 Å². The van der Waals surface area contributed by atoms with Gasteiger partial charge in [0, 0.05) is 19.4 Å². The molecule has 0 saturated carbocycles. The molecule has 0 aromatic carbocycles. The molecule has 0 aromatic heterocycles. The number of hydrogen-bond acceptors (Lipinski definition) is 5. The summed E-state index contributed by atoms with van der Waals surface area (Å²) >= 11 is 0. The predicted molar refractivity (Wildman–Crippen MR) is 233 cm³/mol. The van der Waals surface area contributed by atoms with Crippen molar-refractivity contribution in [2.24, 2.45) is 0 Å². The molecule has 0 aromatic rings. The first kappa shape index (κ1) is 51.1. The van der Waals surface area contributed by atoms with Crippen LogP contribution >= 0.6 is 0 Å². The van der Waals surface area contributed by atoms with E-state index in [0.717, 1.165) is 96.3 Å². The summed E-state index contributed by atoms with van der Waals surface area (Å²) in [6.07, 6.45) is 57.5. The summed E-state index contributed by atoms with van der Waals surface area (Å²) in [5, 5.41) is 0. The normalized spacial score (nSPS) is 13.0. The summed E-state index contributed by atoms with van der Waals surface area (Å²) in [7, 11) is 0. The minimum Gasteiger partial charge on any atom is -0.462 e. The largest absolute Gasteiger partial charge is 0.462 e. The summed E-state index contributed by atoms with van der Waals surface area (Å²) in [5.74, 6) is -0.459. The lowest BCUT2D eigenvalue weighted by atomic mass is 10.1. The average Bonchev–Trinajstić information content (AvgIpc) is 3.17. The fourth-order valence-electron chi connectivity index (χ4n) is 5.63. The molecule has 0 heterocycles. The average molecular weight is 751 g/mol. The lowest BCUT2D eigenvalue weighted by molar-refractivity contribution is -0.163. The lowest BCUT2D eigenvalue weighted by Gasteiger charge is -2.18. The van der Waals surface area contributed by atoms with Crippen LogP contribution in [0.4, 0.5) is 0 Å². The van der Waals surface area contributed by atoms with Crippen molar-refractivity contribution in [3.8, 4) is 0 Å². The number of unbranched alkanes of at least 4 members (excludes halogenated alkanes) is 14. The molecule has 0 spiro atoms. The summed E-state index contributed by atoms with van der Waals surface area (Å²) in [5.41, 5.74) is 0. The molecular formula is C49H82O5. The fraction of sp³-hybridized carbons (Fsp3) is 0.673. The van der Waals surface area contributed by atoms with Gasteiger partial charge in [-0.3, -0.25) is 9.59 Å². The van der Waals surface area contributed by atoms with Crippen LogP contribution in [0.15, 0.2) is 85.1 Å². The highest BCUT2D eigenvalue weighted by atomic mass is 16.6. The molecule has 54 heavy (non-hydrogen) atoms. The number of rotatable bonds is 39. The summed E-state index contributed by atoms with van der Waals surface area (Å²) in [6, 6.07) is 0. The molecule has 0 amide bonds. The van der Waals surface area contributed by atoms with Gasteiger partial charge < -0.3 is 14.2 Å². The molecule has 1 atom stereocenters. The van der Waals surface area contributed by atoms with E-state index >= 15 is 0 Å². The molecule has 308 valence electrons. The second kappa shape index (κ2) is 44.5. The maximum atomic E-state index is 12.5. The van der Waals surface area contributed by atoms with E-state index in [4.69, 9.17) is 14.2 Å². The van der Waals surface area contributed by atoms with Crippen molar-refractivity contribution < 1.29 is 23.8 Å². The zero-order chi connectivity index (χ0) is 39.3. The number of esters is 2. The van der Waals surface area contributed by atoms with Crippen LogP contribution in [0.3, 0.4) is 0 Å². The molecule has 0 N–H and O–H groups in total. The Kier molecular flexibility index (Phi) is 42.1. The van der Waals surface area contributed by atoms with Crippen LogP contribution in [0.5, 0.6) is 0 Å². The van der Waals surface area contributed by atoms with Crippen LogP contribution in [-0.4, -0.2) is 37.9 Å². The van der Waals surface area contributed by atoms with E-state index in [2.05, 4.69) is 106 Å². The van der Waals surface area contributed by atoms with Gasteiger partial charge in [-0.25, -0.2) is 0 Å². The molecule has 0 bridgehead atoms. The highest BCUT2D eigenvalue weighted by molar-refractivity contribution is 5.70. The summed E-state index contributed by atoms with van der Waals surface area (Å²) in [4.78, 5) is 25.0. The number of carbonyl (C=O) groups excluding carboxylic acids is 2. The fourth-order valence-corrected chi connectivity index (χ4v) is 5.63. The third kappa shape index (κ3) is 41.8. The van der Waals surface area contributed by atoms with Gasteiger partial charge in [-0.1, -0.05) is 170 Å². The standard InChI is InChI=1S/C49H82O5/c1-4-7-10-13-15-17-19-21-23-24-25-26-27-28-30-32-34-37-39-42-48(50)53-46-47(54-49(51)43-40-36-12-9-6-3)45-52-44-41-38-35-33-31-29-22-20-18-16-14-11-8-5-2/h7,10-11,14-15,17-18,20-21,23,25-26,28,30,47H,4-6,8-9,12-13,16,19,22,24,27,29,31-46H2,1-3H3/b10-7-,14-11-,17-15-,20-18-,23-21-,26-25-,30-28-. The van der Waals surface area contributed by atoms with Crippen LogP contribution in [-0.2, 0) is 23.8 Å². The Bertz CT molecular complexity index is 1030. The van der Waals surface area contributed by atoms with Gasteiger partial charge in [0.2, 0.25) is 0 Å². The van der Waals surface area contributed by atoms with Crippen LogP contribution in [0.1, 0.15) is 188 Å². The highest BCUT2D eigenvalue weighted by Crippen LogP contribution is 2.11. The molecule has 5 heteroatoms. The van der Waals surface area contributed by atoms with E-state index in [9.17, 15) is 9.59 Å². The number of allylic oxidation sites excluding steroid dienone is 14. The van der Waals surface area contributed by atoms with E-state index in [-0.39, 0.29) is 25.2 Å². The number of hydrogen-bond donors (Lipinski definition) is 0. The Morgan fingerprint density at radius 3 is 1.43 bits per heavy atom. The zero-order valence-electron chi connectivity index (χ0n) is 35.2. The van der Waals surface area contributed by atoms with Crippen LogP contribution in [0.25, 0.3) is 0 Å². The van der Waals surface area contributed by atoms with Gasteiger partial charge in [0.1, 0.15) is 6.61 Å². The molecule has 0 fully saturated rings. The Morgan fingerprint density at radius 2 is 0.870 bits per heavy atom. The minimum absolute atomic E-state index is 0.0594. The van der Waals surface area contributed by atoms with Gasteiger partial charge in [0.15, 0.2) is 6.10 Å². The topological polar surface area (TPSA) is 61.8 Å². The van der Waals surface area contributed by atoms with Crippen molar-refractivity contribution in [1.29, 1.82) is 0 Å². The van der Waals surface area contributed by atoms with E-state index in [1.54, 1.807) is 0 Å². The number of carbonyl (C=O) groups is 2. The molecule has 0 aliphatic carbocycles. The Labute approximate surface area is 333 Å². The summed E-state index contributed by atoms with van der Waals surface area (Å²) < 4.78 is 17.1. The first-order valence-corrected chi connectivity index (χ1v) is 22.1. The Morgan fingerprint density at radius 1 is 0.426 bits per heavy atom. The molecular weight excluding hydrogens is 669 g/mol. The molecule has 5 nitrogen and oxygen atoms in total. The molecule has 0 aliphatic rings. The van der Waals surface area contributed by atoms with Crippen molar-refractivity contribution in [3.63, 3.8) is 0 Å². The van der Waals surface area contributed by atoms with E-state index < -0.39 is 6.10 Å². The molecule has 0 radical (unpaired) electrons. The Balaban J connectivity index is 4.16. The predicted octanol–water partition coefficient (Wildman–Crippen LogP) is 14.6. The first-order valence-electron chi connectivity index (χ1n) is 22.1. The van der Waals surface area contributed by atoms with Crippen molar-refractivity contribution >= 4 is 11.9 Å². The van der Waals surface area contributed by atoms with E-state index in [1.165, 1.54) is 57.8 Å². The monoisotopic (exact) mass is 751 g/mol. The van der Waals surface area contributed by atoms with Crippen molar-refractivity contribution in [2.45, 2.75) is 194 Å². The summed E-state index contributed by atoms with van der Waals surface area (Å²) in [6.45, 7) is 7.50. The van der Waals surface area contributed by atoms with Crippen molar-refractivity contribution in [2.75, 3.05) is 19.8 Å². The molecule has 0 saturated heterocycles. The molecule has 0 rings (SSSR count). The maximum absolute atomic E-state index is 12.5. The van der Waals surface area contributed by atoms with E-state index in [1.807, 2.05) is 0 Å². The maximum Gasteiger partial charge on any atom is 0.306 e. The third-order valence-electron chi connectivity index (χ3n) is 8.90. The second-order valence-corrected chi connectivity index (χ2v) is 14.2. The SMILES string of the molecule is CC/C=C\C/C=C\C/C=C\C/C=C\C/C=C\CCCCCC(=O)OCC(COCCCCCCCC/C=C\C/C=C\CCC)OC(=O)CCCCCCC. The van der Waals surface area contributed by atoms with Crippen molar-refractivity contribution in [1.82, 2.24) is 0 Å². The van der Waals surface area contributed by atoms with Gasteiger partial charge in [-0.15, -0.1) is 0 Å². The minimum atomic E-state index is -0.553. The molecule has 0 aliphatic heterocycles. The smallest absolute Gasteiger partial charge is 0.306 e. The highest BCUT2D eigenvalue weighted by Gasteiger charge is 2.17. The third-order valence-corrected chi connectivity index (χ3v) is 8.90. The second-order valence-electron chi connectivity index (χ2n) is 14.2. The quantitative estimate of drug-likeness (QED) is 0.0356. The molecule has 1 unspecified atom stereocenters. The van der Waals surface area contributed by atoms with Gasteiger partial charge in [0.05, 0.1) is 6.61 Å². The van der Waals surface area contributed by atoms with Crippen LogP contribution in [0, 0.1) is 0 Å². The Hall–Kier alpha value is -2.92.